The molecule has 39 heavy (non-hydrogen) atoms. The van der Waals surface area contributed by atoms with Gasteiger partial charge in [0.15, 0.2) is 5.78 Å². The molecular formula is C32H31FN2O4. The fourth-order valence-electron chi connectivity index (χ4n) is 5.26. The van der Waals surface area contributed by atoms with Gasteiger partial charge in [-0.2, -0.15) is 5.26 Å². The summed E-state index contributed by atoms with van der Waals surface area (Å²) in [7, 11) is 1.55. The number of hydrogen-bond acceptors (Lipinski definition) is 5. The Hall–Kier alpha value is -4.28. The summed E-state index contributed by atoms with van der Waals surface area (Å²) in [5, 5.41) is 19.0. The van der Waals surface area contributed by atoms with Gasteiger partial charge in [0.2, 0.25) is 0 Å². The fourth-order valence-corrected chi connectivity index (χ4v) is 5.26. The SMILES string of the molecule is C=C1C(c2ccc(OC)cc2)=C(c2ccc(C#N)c(F)c2)C=C(C(=O)/C=C2\CCCC(N)CC2)C1CC(=O)O. The number of nitriles is 1. The van der Waals surface area contributed by atoms with Crippen LogP contribution in [0.15, 0.2) is 77.9 Å². The van der Waals surface area contributed by atoms with Gasteiger partial charge in [0.25, 0.3) is 0 Å². The third-order valence-corrected chi connectivity index (χ3v) is 7.37. The van der Waals surface area contributed by atoms with Gasteiger partial charge in [0.1, 0.15) is 17.6 Å². The first kappa shape index (κ1) is 27.7. The number of carboxylic acids is 1. The molecule has 0 saturated heterocycles. The Morgan fingerprint density at radius 3 is 2.54 bits per heavy atom. The lowest BCUT2D eigenvalue weighted by Gasteiger charge is -2.29. The number of allylic oxidation sites excluding steroid dienone is 7. The zero-order valence-corrected chi connectivity index (χ0v) is 21.9. The van der Waals surface area contributed by atoms with E-state index in [4.69, 9.17) is 10.5 Å². The normalized spacial score (nSPS) is 20.7. The Labute approximate surface area is 227 Å². The first-order valence-electron chi connectivity index (χ1n) is 12.9. The van der Waals surface area contributed by atoms with Gasteiger partial charge >= 0.3 is 5.97 Å². The number of hydrogen-bond donors (Lipinski definition) is 2. The Morgan fingerprint density at radius 2 is 1.90 bits per heavy atom. The van der Waals surface area contributed by atoms with E-state index in [0.29, 0.717) is 40.0 Å². The zero-order chi connectivity index (χ0) is 28.1. The van der Waals surface area contributed by atoms with Crippen molar-refractivity contribution < 1.29 is 23.8 Å². The molecule has 7 heteroatoms. The predicted molar refractivity (Wildman–Crippen MR) is 148 cm³/mol. The average Bonchev–Trinajstić information content (AvgIpc) is 3.13. The molecule has 1 saturated carbocycles. The summed E-state index contributed by atoms with van der Waals surface area (Å²) in [4.78, 5) is 25.6. The number of methoxy groups -OCH3 is 1. The quantitative estimate of drug-likeness (QED) is 0.338. The molecule has 0 spiro atoms. The molecule has 2 aromatic carbocycles. The van der Waals surface area contributed by atoms with Crippen LogP contribution in [-0.4, -0.2) is 30.0 Å². The molecule has 2 aliphatic rings. The van der Waals surface area contributed by atoms with Gasteiger partial charge in [-0.05, 0) is 96.4 Å². The van der Waals surface area contributed by atoms with Crippen molar-refractivity contribution >= 4 is 22.9 Å². The highest BCUT2D eigenvalue weighted by atomic mass is 19.1. The molecule has 0 aliphatic heterocycles. The van der Waals surface area contributed by atoms with E-state index in [1.165, 1.54) is 12.1 Å². The molecule has 3 N–H and O–H groups in total. The smallest absolute Gasteiger partial charge is 0.304 e. The van der Waals surface area contributed by atoms with Crippen LogP contribution >= 0.6 is 0 Å². The van der Waals surface area contributed by atoms with E-state index in [1.54, 1.807) is 37.5 Å². The van der Waals surface area contributed by atoms with Gasteiger partial charge in [-0.25, -0.2) is 4.39 Å². The molecule has 2 unspecified atom stereocenters. The van der Waals surface area contributed by atoms with Gasteiger partial charge in [0, 0.05) is 17.5 Å². The Bertz CT molecular complexity index is 1440. The van der Waals surface area contributed by atoms with Crippen LogP contribution in [0.5, 0.6) is 5.75 Å². The number of nitrogens with zero attached hydrogens (tertiary/aromatic N) is 1. The van der Waals surface area contributed by atoms with E-state index in [-0.39, 0.29) is 23.8 Å². The Balaban J connectivity index is 1.91. The number of nitrogens with two attached hydrogens (primary N) is 1. The summed E-state index contributed by atoms with van der Waals surface area (Å²) < 4.78 is 20.0. The lowest BCUT2D eigenvalue weighted by Crippen LogP contribution is -2.22. The van der Waals surface area contributed by atoms with Crippen molar-refractivity contribution in [3.63, 3.8) is 0 Å². The van der Waals surface area contributed by atoms with E-state index in [2.05, 4.69) is 6.58 Å². The van der Waals surface area contributed by atoms with E-state index < -0.39 is 17.7 Å². The highest BCUT2D eigenvalue weighted by Crippen LogP contribution is 2.45. The second-order valence-electron chi connectivity index (χ2n) is 9.96. The molecule has 1 fully saturated rings. The summed E-state index contributed by atoms with van der Waals surface area (Å²) in [6, 6.07) is 13.4. The standard InChI is InChI=1S/C32H31FN2O4/c1-19-26(17-31(37)38)28(30(36)14-20-4-3-5-24(35)11-6-20)16-27(22-7-8-23(18-34)29(33)15-22)32(19)21-9-12-25(39-2)13-10-21/h7-10,12-16,24,26H,1,3-6,11,17,35H2,2H3,(H,37,38)/b20-14+. The molecule has 2 atom stereocenters. The van der Waals surface area contributed by atoms with Crippen molar-refractivity contribution in [2.24, 2.45) is 11.7 Å². The summed E-state index contributed by atoms with van der Waals surface area (Å²) >= 11 is 0. The van der Waals surface area contributed by atoms with E-state index in [0.717, 1.165) is 36.8 Å². The third kappa shape index (κ3) is 6.24. The maximum absolute atomic E-state index is 14.7. The number of carbonyl (C=O) groups is 2. The van der Waals surface area contributed by atoms with Gasteiger partial charge in [0.05, 0.1) is 19.1 Å². The third-order valence-electron chi connectivity index (χ3n) is 7.37. The molecule has 0 radical (unpaired) electrons. The minimum atomic E-state index is -1.06. The zero-order valence-electron chi connectivity index (χ0n) is 21.9. The molecule has 6 nitrogen and oxygen atoms in total. The molecule has 0 aromatic heterocycles. The Kier molecular flexibility index (Phi) is 8.58. The fraction of sp³-hybridized carbons (Fsp3) is 0.281. The second kappa shape index (κ2) is 12.1. The monoisotopic (exact) mass is 526 g/mol. The minimum Gasteiger partial charge on any atom is -0.497 e. The molecule has 200 valence electrons. The molecule has 0 amide bonds. The largest absolute Gasteiger partial charge is 0.497 e. The van der Waals surface area contributed by atoms with Crippen LogP contribution in [0.25, 0.3) is 11.1 Å². The maximum atomic E-state index is 14.7. The number of carbonyl (C=O) groups excluding carboxylic acids is 1. The van der Waals surface area contributed by atoms with Gasteiger partial charge in [-0.3, -0.25) is 9.59 Å². The summed E-state index contributed by atoms with van der Waals surface area (Å²) in [5.74, 6) is -2.17. The number of carboxylic acid groups (broad SMARTS) is 1. The van der Waals surface area contributed by atoms with Crippen LogP contribution in [0, 0.1) is 23.1 Å². The van der Waals surface area contributed by atoms with E-state index in [1.807, 2.05) is 18.2 Å². The topological polar surface area (TPSA) is 113 Å². The van der Waals surface area contributed by atoms with E-state index in [9.17, 15) is 24.3 Å². The van der Waals surface area contributed by atoms with Gasteiger partial charge < -0.3 is 15.6 Å². The Morgan fingerprint density at radius 1 is 1.18 bits per heavy atom. The number of ketones is 1. The van der Waals surface area contributed by atoms with Crippen molar-refractivity contribution in [2.45, 2.75) is 44.6 Å². The first-order valence-corrected chi connectivity index (χ1v) is 12.9. The number of rotatable bonds is 7. The number of ether oxygens (including phenoxy) is 1. The van der Waals surface area contributed by atoms with Crippen molar-refractivity contribution in [1.29, 1.82) is 5.26 Å². The molecular weight excluding hydrogens is 495 g/mol. The molecule has 0 heterocycles. The number of halogens is 1. The molecule has 4 rings (SSSR count). The van der Waals surface area contributed by atoms with Crippen molar-refractivity contribution in [3.8, 4) is 11.8 Å². The molecule has 0 bridgehead atoms. The lowest BCUT2D eigenvalue weighted by molar-refractivity contribution is -0.137. The second-order valence-corrected chi connectivity index (χ2v) is 9.96. The molecule has 2 aliphatic carbocycles. The van der Waals surface area contributed by atoms with Crippen LogP contribution in [0.2, 0.25) is 0 Å². The first-order chi connectivity index (χ1) is 18.7. The predicted octanol–water partition coefficient (Wildman–Crippen LogP) is 5.99. The van der Waals surface area contributed by atoms with Crippen molar-refractivity contribution in [2.75, 3.05) is 7.11 Å². The van der Waals surface area contributed by atoms with Crippen molar-refractivity contribution in [3.05, 3.63) is 100 Å². The van der Waals surface area contributed by atoms with Crippen molar-refractivity contribution in [1.82, 2.24) is 0 Å². The molecule has 2 aromatic rings. The maximum Gasteiger partial charge on any atom is 0.304 e. The van der Waals surface area contributed by atoms with Crippen LogP contribution in [0.3, 0.4) is 0 Å². The van der Waals surface area contributed by atoms with Crippen LogP contribution in [0.4, 0.5) is 4.39 Å². The van der Waals surface area contributed by atoms with E-state index >= 15 is 0 Å². The van der Waals surface area contributed by atoms with Crippen LogP contribution in [0.1, 0.15) is 55.2 Å². The van der Waals surface area contributed by atoms with Crippen LogP contribution < -0.4 is 10.5 Å². The lowest BCUT2D eigenvalue weighted by atomic mass is 9.73. The highest BCUT2D eigenvalue weighted by molar-refractivity contribution is 6.13. The number of benzene rings is 2. The highest BCUT2D eigenvalue weighted by Gasteiger charge is 2.33. The van der Waals surface area contributed by atoms with Gasteiger partial charge in [-0.15, -0.1) is 0 Å². The summed E-state index contributed by atoms with van der Waals surface area (Å²) in [6.45, 7) is 4.26. The minimum absolute atomic E-state index is 0.0969. The van der Waals surface area contributed by atoms with Gasteiger partial charge in [-0.1, -0.05) is 30.4 Å². The number of aliphatic carboxylic acids is 1. The summed E-state index contributed by atoms with van der Waals surface area (Å²) in [6.07, 6.45) is 7.01. The van der Waals surface area contributed by atoms with Crippen LogP contribution in [-0.2, 0) is 9.59 Å². The average molecular weight is 527 g/mol. The summed E-state index contributed by atoms with van der Waals surface area (Å²) in [5.41, 5.74) is 10.0.